The zero-order valence-electron chi connectivity index (χ0n) is 10.9. The van der Waals surface area contributed by atoms with Crippen LogP contribution in [0, 0.1) is 0 Å². The number of hydrogen-bond donors (Lipinski definition) is 0. The monoisotopic (exact) mass is 234 g/mol. The Balaban J connectivity index is 3.25. The Hall–Kier alpha value is -0.160. The van der Waals surface area contributed by atoms with Crippen LogP contribution in [-0.4, -0.2) is 20.5 Å². The van der Waals surface area contributed by atoms with E-state index in [0.29, 0.717) is 0 Å². The van der Waals surface area contributed by atoms with Gasteiger partial charge in [-0.15, -0.1) is 0 Å². The molecule has 0 atom stereocenters. The highest BCUT2D eigenvalue weighted by molar-refractivity contribution is 4.47. The van der Waals surface area contributed by atoms with Gasteiger partial charge in [0.1, 0.15) is 0 Å². The molecule has 0 aliphatic heterocycles. The molecule has 0 spiro atoms. The molecule has 0 unspecified atom stereocenters. The second-order valence-corrected chi connectivity index (χ2v) is 3.87. The molecule has 4 heteroatoms. The highest BCUT2D eigenvalue weighted by atomic mass is 17.3. The molecule has 16 heavy (non-hydrogen) atoms. The summed E-state index contributed by atoms with van der Waals surface area (Å²) in [7, 11) is 2.94. The van der Waals surface area contributed by atoms with E-state index in [1.54, 1.807) is 0 Å². The quantitative estimate of drug-likeness (QED) is 0.224. The highest BCUT2D eigenvalue weighted by Gasteiger charge is 2.09. The summed E-state index contributed by atoms with van der Waals surface area (Å²) in [4.78, 5) is 18.9. The van der Waals surface area contributed by atoms with Gasteiger partial charge < -0.3 is 0 Å². The van der Waals surface area contributed by atoms with Gasteiger partial charge in [0.2, 0.25) is 6.29 Å². The summed E-state index contributed by atoms with van der Waals surface area (Å²) in [5.74, 6) is 0. The van der Waals surface area contributed by atoms with Crippen LogP contribution in [-0.2, 0) is 19.6 Å². The normalized spacial score (nSPS) is 11.2. The maximum absolute atomic E-state index is 4.88. The van der Waals surface area contributed by atoms with Crippen molar-refractivity contribution in [3.05, 3.63) is 0 Å². The summed E-state index contributed by atoms with van der Waals surface area (Å²) in [6.45, 7) is 2.23. The molecule has 0 amide bonds. The highest BCUT2D eigenvalue weighted by Crippen LogP contribution is 2.12. The summed E-state index contributed by atoms with van der Waals surface area (Å²) in [5, 5.41) is 0. The Kier molecular flexibility index (Phi) is 12.8. The van der Waals surface area contributed by atoms with Crippen LogP contribution in [0.25, 0.3) is 0 Å². The van der Waals surface area contributed by atoms with E-state index in [0.717, 1.165) is 12.8 Å². The Labute approximate surface area is 99.1 Å². The van der Waals surface area contributed by atoms with E-state index in [2.05, 4.69) is 16.7 Å². The first kappa shape index (κ1) is 15.8. The van der Waals surface area contributed by atoms with Gasteiger partial charge >= 0.3 is 0 Å². The smallest absolute Gasteiger partial charge is 0.224 e. The Morgan fingerprint density at radius 1 is 0.750 bits per heavy atom. The van der Waals surface area contributed by atoms with Crippen molar-refractivity contribution in [2.24, 2.45) is 0 Å². The van der Waals surface area contributed by atoms with Crippen molar-refractivity contribution in [1.82, 2.24) is 0 Å². The standard InChI is InChI=1S/C12H26O4/c1-4-5-6-7-8-9-10-11-12(15-13-2)16-14-3/h12H,4-11H2,1-3H3. The van der Waals surface area contributed by atoms with Crippen LogP contribution in [0.3, 0.4) is 0 Å². The summed E-state index contributed by atoms with van der Waals surface area (Å²) >= 11 is 0. The average molecular weight is 234 g/mol. The van der Waals surface area contributed by atoms with Gasteiger partial charge in [-0.05, 0) is 6.42 Å². The second kappa shape index (κ2) is 12.9. The fourth-order valence-electron chi connectivity index (χ4n) is 1.60. The predicted molar refractivity (Wildman–Crippen MR) is 62.6 cm³/mol. The van der Waals surface area contributed by atoms with Crippen LogP contribution in [0.5, 0.6) is 0 Å². The molecule has 0 aromatic carbocycles. The lowest BCUT2D eigenvalue weighted by molar-refractivity contribution is -0.449. The van der Waals surface area contributed by atoms with Crippen molar-refractivity contribution >= 4 is 0 Å². The molecule has 0 saturated heterocycles. The number of hydrogen-bond acceptors (Lipinski definition) is 4. The third-order valence-corrected chi connectivity index (χ3v) is 2.45. The molecule has 98 valence electrons. The van der Waals surface area contributed by atoms with Crippen molar-refractivity contribution in [2.75, 3.05) is 14.2 Å². The van der Waals surface area contributed by atoms with Gasteiger partial charge in [-0.25, -0.2) is 19.6 Å². The van der Waals surface area contributed by atoms with Crippen LogP contribution in [0.1, 0.15) is 58.3 Å². The molecular weight excluding hydrogens is 208 g/mol. The van der Waals surface area contributed by atoms with E-state index in [4.69, 9.17) is 9.78 Å². The number of rotatable bonds is 12. The molecule has 0 N–H and O–H groups in total. The van der Waals surface area contributed by atoms with E-state index in [1.165, 1.54) is 52.7 Å². The third kappa shape index (κ3) is 10.4. The SMILES string of the molecule is CCCCCCCCCC(OOC)OOC. The first-order valence-corrected chi connectivity index (χ1v) is 6.24. The van der Waals surface area contributed by atoms with Crippen molar-refractivity contribution in [3.8, 4) is 0 Å². The van der Waals surface area contributed by atoms with E-state index >= 15 is 0 Å². The first-order valence-electron chi connectivity index (χ1n) is 6.24. The van der Waals surface area contributed by atoms with Gasteiger partial charge in [0, 0.05) is 6.42 Å². The van der Waals surface area contributed by atoms with Crippen LogP contribution < -0.4 is 0 Å². The van der Waals surface area contributed by atoms with Crippen LogP contribution in [0.2, 0.25) is 0 Å². The molecule has 0 rings (SSSR count). The van der Waals surface area contributed by atoms with Crippen molar-refractivity contribution in [2.45, 2.75) is 64.6 Å². The summed E-state index contributed by atoms with van der Waals surface area (Å²) in [5.41, 5.74) is 0. The lowest BCUT2D eigenvalue weighted by atomic mass is 10.1. The first-order chi connectivity index (χ1) is 7.85. The average Bonchev–Trinajstić information content (AvgIpc) is 2.28. The van der Waals surface area contributed by atoms with Gasteiger partial charge in [0.25, 0.3) is 0 Å². The lowest BCUT2D eigenvalue weighted by Crippen LogP contribution is -2.16. The minimum atomic E-state index is -0.411. The summed E-state index contributed by atoms with van der Waals surface area (Å²) in [6.07, 6.45) is 9.28. The zero-order valence-corrected chi connectivity index (χ0v) is 10.9. The molecule has 0 aromatic rings. The molecule has 0 aliphatic rings. The summed E-state index contributed by atoms with van der Waals surface area (Å²) in [6, 6.07) is 0. The predicted octanol–water partition coefficient (Wildman–Crippen LogP) is 3.61. The van der Waals surface area contributed by atoms with Crippen LogP contribution >= 0.6 is 0 Å². The van der Waals surface area contributed by atoms with E-state index in [9.17, 15) is 0 Å². The maximum Gasteiger partial charge on any atom is 0.224 e. The van der Waals surface area contributed by atoms with E-state index < -0.39 is 6.29 Å². The Morgan fingerprint density at radius 2 is 1.25 bits per heavy atom. The van der Waals surface area contributed by atoms with E-state index in [1.807, 2.05) is 0 Å². The number of unbranched alkanes of at least 4 members (excludes halogenated alkanes) is 6. The van der Waals surface area contributed by atoms with Crippen LogP contribution in [0.4, 0.5) is 0 Å². The molecular formula is C12H26O4. The van der Waals surface area contributed by atoms with Crippen molar-refractivity contribution in [3.63, 3.8) is 0 Å². The minimum absolute atomic E-state index is 0.411. The molecule has 0 fully saturated rings. The molecule has 0 radical (unpaired) electrons. The molecule has 0 aliphatic carbocycles. The van der Waals surface area contributed by atoms with Gasteiger partial charge in [-0.1, -0.05) is 45.4 Å². The van der Waals surface area contributed by atoms with Gasteiger partial charge in [-0.3, -0.25) is 0 Å². The molecule has 0 saturated carbocycles. The third-order valence-electron chi connectivity index (χ3n) is 2.45. The fraction of sp³-hybridized carbons (Fsp3) is 1.00. The molecule has 0 bridgehead atoms. The maximum atomic E-state index is 4.88. The Morgan fingerprint density at radius 3 is 1.75 bits per heavy atom. The van der Waals surface area contributed by atoms with Gasteiger partial charge in [-0.2, -0.15) is 0 Å². The zero-order chi connectivity index (χ0) is 12.1. The minimum Gasteiger partial charge on any atom is -0.237 e. The molecule has 4 nitrogen and oxygen atoms in total. The largest absolute Gasteiger partial charge is 0.237 e. The summed E-state index contributed by atoms with van der Waals surface area (Å²) < 4.78 is 0. The van der Waals surface area contributed by atoms with Gasteiger partial charge in [0.15, 0.2) is 0 Å². The topological polar surface area (TPSA) is 36.9 Å². The van der Waals surface area contributed by atoms with Crippen LogP contribution in [0.15, 0.2) is 0 Å². The Bertz CT molecular complexity index is 124. The molecule has 0 heterocycles. The lowest BCUT2D eigenvalue weighted by Gasteiger charge is -2.13. The van der Waals surface area contributed by atoms with Crippen molar-refractivity contribution in [1.29, 1.82) is 0 Å². The van der Waals surface area contributed by atoms with Crippen molar-refractivity contribution < 1.29 is 19.6 Å². The van der Waals surface area contributed by atoms with Gasteiger partial charge in [0.05, 0.1) is 14.2 Å². The van der Waals surface area contributed by atoms with E-state index in [-0.39, 0.29) is 0 Å². The second-order valence-electron chi connectivity index (χ2n) is 3.87. The fourth-order valence-corrected chi connectivity index (χ4v) is 1.60. The molecule has 0 aromatic heterocycles.